The van der Waals surface area contributed by atoms with Gasteiger partial charge in [-0.3, -0.25) is 0 Å². The fourth-order valence-corrected chi connectivity index (χ4v) is 3.87. The SMILES string of the molecule is OC(Cc1cccc(Cl)c1)C1C2CCCCC21. The second-order valence-corrected chi connectivity index (χ2v) is 6.03. The van der Waals surface area contributed by atoms with E-state index < -0.39 is 0 Å². The van der Waals surface area contributed by atoms with E-state index in [1.807, 2.05) is 18.2 Å². The number of aliphatic hydroxyl groups excluding tert-OH is 1. The maximum absolute atomic E-state index is 10.3. The molecule has 3 rings (SSSR count). The predicted octanol–water partition coefficient (Wildman–Crippen LogP) is 3.68. The van der Waals surface area contributed by atoms with Gasteiger partial charge in [0.25, 0.3) is 0 Å². The standard InChI is InChI=1S/C15H19ClO/c16-11-5-3-4-10(8-11)9-14(17)15-12-6-1-2-7-13(12)15/h3-5,8,12-15,17H,1-2,6-7,9H2. The minimum Gasteiger partial charge on any atom is -0.392 e. The normalized spacial score (nSPS) is 32.9. The highest BCUT2D eigenvalue weighted by molar-refractivity contribution is 6.30. The molecular weight excluding hydrogens is 232 g/mol. The number of hydrogen-bond donors (Lipinski definition) is 1. The topological polar surface area (TPSA) is 20.2 Å². The van der Waals surface area contributed by atoms with Crippen molar-refractivity contribution in [1.82, 2.24) is 0 Å². The molecule has 1 nitrogen and oxygen atoms in total. The van der Waals surface area contributed by atoms with Crippen molar-refractivity contribution in [2.24, 2.45) is 17.8 Å². The Balaban J connectivity index is 1.62. The van der Waals surface area contributed by atoms with Gasteiger partial charge in [-0.1, -0.05) is 36.6 Å². The summed E-state index contributed by atoms with van der Waals surface area (Å²) in [6, 6.07) is 7.87. The van der Waals surface area contributed by atoms with Gasteiger partial charge in [-0.15, -0.1) is 0 Å². The largest absolute Gasteiger partial charge is 0.392 e. The van der Waals surface area contributed by atoms with Crippen LogP contribution in [0, 0.1) is 17.8 Å². The molecule has 1 aromatic carbocycles. The van der Waals surface area contributed by atoms with Crippen molar-refractivity contribution in [2.75, 3.05) is 0 Å². The molecule has 0 spiro atoms. The number of hydrogen-bond acceptors (Lipinski definition) is 1. The quantitative estimate of drug-likeness (QED) is 0.868. The van der Waals surface area contributed by atoms with Crippen LogP contribution in [0.3, 0.4) is 0 Å². The van der Waals surface area contributed by atoms with Crippen LogP contribution in [0.25, 0.3) is 0 Å². The fourth-order valence-electron chi connectivity index (χ4n) is 3.66. The molecule has 0 aromatic heterocycles. The highest BCUT2D eigenvalue weighted by Crippen LogP contribution is 2.57. The van der Waals surface area contributed by atoms with E-state index in [-0.39, 0.29) is 6.10 Å². The molecule has 2 aliphatic carbocycles. The van der Waals surface area contributed by atoms with Crippen molar-refractivity contribution in [1.29, 1.82) is 0 Å². The van der Waals surface area contributed by atoms with Crippen molar-refractivity contribution >= 4 is 11.6 Å². The zero-order chi connectivity index (χ0) is 11.8. The predicted molar refractivity (Wildman–Crippen MR) is 70.1 cm³/mol. The number of benzene rings is 1. The lowest BCUT2D eigenvalue weighted by Crippen LogP contribution is -2.15. The van der Waals surface area contributed by atoms with Gasteiger partial charge < -0.3 is 5.11 Å². The van der Waals surface area contributed by atoms with Crippen LogP contribution in [0.15, 0.2) is 24.3 Å². The van der Waals surface area contributed by atoms with Gasteiger partial charge in [-0.25, -0.2) is 0 Å². The molecule has 0 radical (unpaired) electrons. The van der Waals surface area contributed by atoms with Crippen LogP contribution >= 0.6 is 11.6 Å². The highest BCUT2D eigenvalue weighted by Gasteiger charge is 2.53. The summed E-state index contributed by atoms with van der Waals surface area (Å²) in [4.78, 5) is 0. The number of halogens is 1. The fraction of sp³-hybridized carbons (Fsp3) is 0.600. The van der Waals surface area contributed by atoms with Crippen LogP contribution < -0.4 is 0 Å². The van der Waals surface area contributed by atoms with Gasteiger partial charge in [-0.05, 0) is 54.7 Å². The third kappa shape index (κ3) is 2.36. The molecule has 3 atom stereocenters. The van der Waals surface area contributed by atoms with Crippen molar-refractivity contribution in [3.05, 3.63) is 34.9 Å². The van der Waals surface area contributed by atoms with Gasteiger partial charge in [0.05, 0.1) is 6.10 Å². The monoisotopic (exact) mass is 250 g/mol. The Morgan fingerprint density at radius 1 is 1.24 bits per heavy atom. The second kappa shape index (κ2) is 4.62. The van der Waals surface area contributed by atoms with E-state index in [2.05, 4.69) is 6.07 Å². The van der Waals surface area contributed by atoms with E-state index in [0.29, 0.717) is 5.92 Å². The molecule has 0 bridgehead atoms. The number of rotatable bonds is 3. The molecule has 92 valence electrons. The zero-order valence-electron chi connectivity index (χ0n) is 9.98. The Bertz CT molecular complexity index is 392. The van der Waals surface area contributed by atoms with E-state index in [4.69, 9.17) is 11.6 Å². The molecule has 0 heterocycles. The molecule has 0 amide bonds. The first-order valence-electron chi connectivity index (χ1n) is 6.68. The average molecular weight is 251 g/mol. The van der Waals surface area contributed by atoms with E-state index in [0.717, 1.165) is 28.8 Å². The van der Waals surface area contributed by atoms with Gasteiger partial charge in [0.1, 0.15) is 0 Å². The zero-order valence-corrected chi connectivity index (χ0v) is 10.7. The van der Waals surface area contributed by atoms with E-state index in [1.165, 1.54) is 25.7 Å². The van der Waals surface area contributed by atoms with Crippen LogP contribution in [0.2, 0.25) is 5.02 Å². The lowest BCUT2D eigenvalue weighted by atomic mass is 10.0. The molecule has 0 aliphatic heterocycles. The smallest absolute Gasteiger partial charge is 0.0614 e. The first-order chi connectivity index (χ1) is 8.25. The Hall–Kier alpha value is -0.530. The van der Waals surface area contributed by atoms with E-state index in [1.54, 1.807) is 0 Å². The molecule has 3 unspecified atom stereocenters. The molecule has 1 N–H and O–H groups in total. The van der Waals surface area contributed by atoms with E-state index >= 15 is 0 Å². The Morgan fingerprint density at radius 3 is 2.59 bits per heavy atom. The number of fused-ring (bicyclic) bond motifs is 1. The van der Waals surface area contributed by atoms with Crippen LogP contribution in [-0.2, 0) is 6.42 Å². The van der Waals surface area contributed by atoms with Crippen molar-refractivity contribution in [2.45, 2.75) is 38.2 Å². The first kappa shape index (κ1) is 11.6. The molecule has 2 fully saturated rings. The summed E-state index contributed by atoms with van der Waals surface area (Å²) in [6.07, 6.45) is 5.99. The number of aliphatic hydroxyl groups is 1. The summed E-state index contributed by atoms with van der Waals surface area (Å²) in [5, 5.41) is 11.1. The maximum Gasteiger partial charge on any atom is 0.0614 e. The van der Waals surface area contributed by atoms with Gasteiger partial charge in [-0.2, -0.15) is 0 Å². The highest BCUT2D eigenvalue weighted by atomic mass is 35.5. The molecule has 2 aliphatic rings. The van der Waals surface area contributed by atoms with Gasteiger partial charge in [0.2, 0.25) is 0 Å². The van der Waals surface area contributed by atoms with Crippen LogP contribution in [-0.4, -0.2) is 11.2 Å². The van der Waals surface area contributed by atoms with Crippen molar-refractivity contribution in [3.63, 3.8) is 0 Å². The van der Waals surface area contributed by atoms with Crippen LogP contribution in [0.1, 0.15) is 31.2 Å². The minimum atomic E-state index is -0.165. The molecule has 2 saturated carbocycles. The lowest BCUT2D eigenvalue weighted by molar-refractivity contribution is 0.140. The molecule has 2 heteroatoms. The molecular formula is C15H19ClO. The third-order valence-corrected chi connectivity index (χ3v) is 4.74. The second-order valence-electron chi connectivity index (χ2n) is 5.59. The Morgan fingerprint density at radius 2 is 1.94 bits per heavy atom. The average Bonchev–Trinajstić information content (AvgIpc) is 3.03. The molecule has 1 aromatic rings. The first-order valence-corrected chi connectivity index (χ1v) is 7.06. The van der Waals surface area contributed by atoms with Crippen LogP contribution in [0.5, 0.6) is 0 Å². The van der Waals surface area contributed by atoms with Gasteiger partial charge >= 0.3 is 0 Å². The third-order valence-electron chi connectivity index (χ3n) is 4.50. The Kier molecular flexibility index (Phi) is 3.14. The van der Waals surface area contributed by atoms with Gasteiger partial charge in [0.15, 0.2) is 0 Å². The summed E-state index contributed by atoms with van der Waals surface area (Å²) < 4.78 is 0. The van der Waals surface area contributed by atoms with Gasteiger partial charge in [0, 0.05) is 5.02 Å². The summed E-state index contributed by atoms with van der Waals surface area (Å²) in [5.41, 5.74) is 1.16. The summed E-state index contributed by atoms with van der Waals surface area (Å²) in [5.74, 6) is 2.20. The minimum absolute atomic E-state index is 0.165. The van der Waals surface area contributed by atoms with Crippen molar-refractivity contribution in [3.8, 4) is 0 Å². The maximum atomic E-state index is 10.3. The summed E-state index contributed by atoms with van der Waals surface area (Å²) in [6.45, 7) is 0. The molecule has 0 saturated heterocycles. The lowest BCUT2D eigenvalue weighted by Gasteiger charge is -2.10. The van der Waals surface area contributed by atoms with Crippen LogP contribution in [0.4, 0.5) is 0 Å². The Labute approximate surface area is 108 Å². The molecule has 17 heavy (non-hydrogen) atoms. The van der Waals surface area contributed by atoms with Crippen molar-refractivity contribution < 1.29 is 5.11 Å². The summed E-state index contributed by atoms with van der Waals surface area (Å²) >= 11 is 5.96. The summed E-state index contributed by atoms with van der Waals surface area (Å²) in [7, 11) is 0. The van der Waals surface area contributed by atoms with E-state index in [9.17, 15) is 5.11 Å².